The minimum Gasteiger partial charge on any atom is -0.463 e. The highest BCUT2D eigenvalue weighted by molar-refractivity contribution is 5.81. The van der Waals surface area contributed by atoms with E-state index in [9.17, 15) is 9.59 Å². The molecular formula is C33H65NO7. The average Bonchev–Trinajstić information content (AvgIpc) is 2.98. The number of amides is 1. The molecule has 0 aliphatic rings. The lowest BCUT2D eigenvalue weighted by atomic mass is 10.1. The van der Waals surface area contributed by atoms with Crippen LogP contribution >= 0.6 is 0 Å². The van der Waals surface area contributed by atoms with Crippen LogP contribution in [0.1, 0.15) is 129 Å². The molecule has 0 rings (SSSR count). The molecule has 0 spiro atoms. The second kappa shape index (κ2) is 33.3. The summed E-state index contributed by atoms with van der Waals surface area (Å²) in [6.45, 7) is 9.65. The number of rotatable bonds is 33. The maximum absolute atomic E-state index is 13.0. The number of hydrogen-bond donors (Lipinski definition) is 0. The summed E-state index contributed by atoms with van der Waals surface area (Å²) >= 11 is 0. The molecule has 244 valence electrons. The molecular weight excluding hydrogens is 522 g/mol. The van der Waals surface area contributed by atoms with E-state index in [0.717, 1.165) is 25.9 Å². The molecule has 0 aromatic rings. The van der Waals surface area contributed by atoms with Crippen LogP contribution in [0.25, 0.3) is 0 Å². The normalized spacial score (nSPS) is 11.2. The van der Waals surface area contributed by atoms with Gasteiger partial charge in [0.25, 0.3) is 0 Å². The van der Waals surface area contributed by atoms with Gasteiger partial charge in [0.2, 0.25) is 5.91 Å². The Bertz CT molecular complexity index is 542. The molecule has 0 aliphatic heterocycles. The zero-order chi connectivity index (χ0) is 30.1. The number of carbonyl (C=O) groups is 2. The third-order valence-electron chi connectivity index (χ3n) is 7.13. The minimum absolute atomic E-state index is 0.0763. The zero-order valence-corrected chi connectivity index (χ0v) is 27.1. The number of carbonyl (C=O) groups excluding carboxylic acids is 2. The summed E-state index contributed by atoms with van der Waals surface area (Å²) in [6.07, 6.45) is 20.4. The number of esters is 1. The fourth-order valence-electron chi connectivity index (χ4n) is 4.57. The Morgan fingerprint density at radius 3 is 1.32 bits per heavy atom. The van der Waals surface area contributed by atoms with E-state index in [0.29, 0.717) is 46.2 Å². The first-order chi connectivity index (χ1) is 20.2. The molecule has 0 saturated heterocycles. The first-order valence-electron chi connectivity index (χ1n) is 16.8. The van der Waals surface area contributed by atoms with Gasteiger partial charge in [-0.3, -0.25) is 9.59 Å². The first kappa shape index (κ1) is 39.8. The second-order valence-electron chi connectivity index (χ2n) is 10.9. The number of methoxy groups -OCH3 is 1. The quantitative estimate of drug-likeness (QED) is 0.0597. The molecule has 0 N–H and O–H groups in total. The largest absolute Gasteiger partial charge is 0.463 e. The van der Waals surface area contributed by atoms with Crippen molar-refractivity contribution in [3.05, 3.63) is 0 Å². The summed E-state index contributed by atoms with van der Waals surface area (Å²) in [5, 5.41) is 0. The zero-order valence-electron chi connectivity index (χ0n) is 27.1. The summed E-state index contributed by atoms with van der Waals surface area (Å²) in [7, 11) is 1.64. The smallest absolute Gasteiger partial charge is 0.306 e. The van der Waals surface area contributed by atoms with Crippen LogP contribution in [0.15, 0.2) is 0 Å². The van der Waals surface area contributed by atoms with Crippen LogP contribution in [-0.4, -0.2) is 89.8 Å². The van der Waals surface area contributed by atoms with Crippen molar-refractivity contribution in [3.8, 4) is 0 Å². The van der Waals surface area contributed by atoms with E-state index < -0.39 is 0 Å². The molecule has 0 bridgehead atoms. The van der Waals surface area contributed by atoms with Gasteiger partial charge in [-0.2, -0.15) is 0 Å². The van der Waals surface area contributed by atoms with Gasteiger partial charge in [-0.1, -0.05) is 104 Å². The highest BCUT2D eigenvalue weighted by atomic mass is 16.6. The van der Waals surface area contributed by atoms with Crippen molar-refractivity contribution in [2.24, 2.45) is 0 Å². The Balaban J connectivity index is 4.08. The summed E-state index contributed by atoms with van der Waals surface area (Å²) in [6, 6.07) is 0. The number of ether oxygens (including phenoxy) is 5. The third kappa shape index (κ3) is 30.1. The van der Waals surface area contributed by atoms with Crippen molar-refractivity contribution in [3.63, 3.8) is 0 Å². The summed E-state index contributed by atoms with van der Waals surface area (Å²) < 4.78 is 26.3. The van der Waals surface area contributed by atoms with E-state index in [4.69, 9.17) is 23.7 Å². The molecule has 0 aliphatic carbocycles. The molecule has 41 heavy (non-hydrogen) atoms. The van der Waals surface area contributed by atoms with Crippen LogP contribution in [0.3, 0.4) is 0 Å². The number of unbranched alkanes of at least 4 members (excludes halogenated alkanes) is 14. The highest BCUT2D eigenvalue weighted by Crippen LogP contribution is 2.12. The van der Waals surface area contributed by atoms with E-state index in [1.165, 1.54) is 89.9 Å². The predicted molar refractivity (Wildman–Crippen MR) is 166 cm³/mol. The van der Waals surface area contributed by atoms with Crippen molar-refractivity contribution in [2.75, 3.05) is 73.1 Å². The average molecular weight is 588 g/mol. The van der Waals surface area contributed by atoms with Crippen LogP contribution in [-0.2, 0) is 33.3 Å². The van der Waals surface area contributed by atoms with Crippen molar-refractivity contribution in [2.45, 2.75) is 129 Å². The third-order valence-corrected chi connectivity index (χ3v) is 7.13. The van der Waals surface area contributed by atoms with E-state index >= 15 is 0 Å². The summed E-state index contributed by atoms with van der Waals surface area (Å²) in [4.78, 5) is 27.1. The van der Waals surface area contributed by atoms with Gasteiger partial charge in [-0.25, -0.2) is 0 Å². The predicted octanol–water partition coefficient (Wildman–Crippen LogP) is 7.12. The molecule has 0 fully saturated rings. The van der Waals surface area contributed by atoms with Crippen molar-refractivity contribution in [1.82, 2.24) is 4.90 Å². The maximum atomic E-state index is 13.0. The lowest BCUT2D eigenvalue weighted by molar-refractivity contribution is -0.147. The van der Waals surface area contributed by atoms with Gasteiger partial charge in [0.05, 0.1) is 52.7 Å². The maximum Gasteiger partial charge on any atom is 0.306 e. The second-order valence-corrected chi connectivity index (χ2v) is 10.9. The van der Waals surface area contributed by atoms with Crippen molar-refractivity contribution >= 4 is 11.9 Å². The van der Waals surface area contributed by atoms with Crippen LogP contribution < -0.4 is 0 Å². The van der Waals surface area contributed by atoms with Gasteiger partial charge in [-0.15, -0.1) is 0 Å². The molecule has 0 heterocycles. The van der Waals surface area contributed by atoms with Gasteiger partial charge in [0.1, 0.15) is 6.61 Å². The Labute approximate surface area is 252 Å². The Morgan fingerprint density at radius 2 is 0.878 bits per heavy atom. The Morgan fingerprint density at radius 1 is 0.488 bits per heavy atom. The van der Waals surface area contributed by atoms with Gasteiger partial charge >= 0.3 is 5.97 Å². The fraction of sp³-hybridized carbons (Fsp3) is 0.939. The monoisotopic (exact) mass is 587 g/mol. The van der Waals surface area contributed by atoms with Crippen LogP contribution in [0.4, 0.5) is 0 Å². The van der Waals surface area contributed by atoms with Crippen LogP contribution in [0.2, 0.25) is 0 Å². The Hall–Kier alpha value is -1.22. The molecule has 8 nitrogen and oxygen atoms in total. The van der Waals surface area contributed by atoms with Gasteiger partial charge in [0, 0.05) is 26.6 Å². The molecule has 8 heteroatoms. The molecule has 1 amide bonds. The lowest BCUT2D eigenvalue weighted by Gasteiger charge is -2.23. The molecule has 0 aromatic carbocycles. The van der Waals surface area contributed by atoms with E-state index in [-0.39, 0.29) is 31.3 Å². The van der Waals surface area contributed by atoms with Crippen LogP contribution in [0.5, 0.6) is 0 Å². The topological polar surface area (TPSA) is 83.5 Å². The molecule has 0 saturated carbocycles. The molecule has 0 atom stereocenters. The van der Waals surface area contributed by atoms with Gasteiger partial charge in [0.15, 0.2) is 0 Å². The standard InChI is InChI=1S/C33H65NO7/c1-4-6-8-10-12-14-16-18-22-34(23-19-17-15-13-11-9-7-5-2)32(35)20-21-33(36)41-31-30-40-29-28-39-27-26-38-25-24-37-3/h4-31H2,1-3H3. The number of hydrogen-bond acceptors (Lipinski definition) is 7. The molecule has 0 radical (unpaired) electrons. The minimum atomic E-state index is -0.342. The summed E-state index contributed by atoms with van der Waals surface area (Å²) in [5.41, 5.74) is 0. The fourth-order valence-corrected chi connectivity index (χ4v) is 4.57. The molecule has 0 unspecified atom stereocenters. The lowest BCUT2D eigenvalue weighted by Crippen LogP contribution is -2.33. The highest BCUT2D eigenvalue weighted by Gasteiger charge is 2.15. The number of nitrogens with zero attached hydrogens (tertiary/aromatic N) is 1. The van der Waals surface area contributed by atoms with E-state index in [1.807, 2.05) is 4.90 Å². The SMILES string of the molecule is CCCCCCCCCCN(CCCCCCCCCC)C(=O)CCC(=O)OCCOCCOCCOCCOC. The first-order valence-corrected chi connectivity index (χ1v) is 16.8. The van der Waals surface area contributed by atoms with Gasteiger partial charge in [-0.05, 0) is 12.8 Å². The van der Waals surface area contributed by atoms with Gasteiger partial charge < -0.3 is 28.6 Å². The van der Waals surface area contributed by atoms with E-state index in [2.05, 4.69) is 13.8 Å². The summed E-state index contributed by atoms with van der Waals surface area (Å²) in [5.74, 6) is -0.266. The van der Waals surface area contributed by atoms with Crippen molar-refractivity contribution in [1.29, 1.82) is 0 Å². The Kier molecular flexibility index (Phi) is 32.3. The van der Waals surface area contributed by atoms with E-state index in [1.54, 1.807) is 7.11 Å². The van der Waals surface area contributed by atoms with Crippen molar-refractivity contribution < 1.29 is 33.3 Å². The molecule has 0 aromatic heterocycles. The van der Waals surface area contributed by atoms with Crippen LogP contribution in [0, 0.1) is 0 Å².